The second-order valence-corrected chi connectivity index (χ2v) is 9.53. The van der Waals surface area contributed by atoms with E-state index < -0.39 is 0 Å². The van der Waals surface area contributed by atoms with Crippen LogP contribution in [0.25, 0.3) is 11.0 Å². The minimum atomic E-state index is 0.174. The number of aromatic nitrogens is 3. The van der Waals surface area contributed by atoms with Crippen molar-refractivity contribution in [3.05, 3.63) is 36.3 Å². The molecule has 10 nitrogen and oxygen atoms in total. The number of nitrogens with zero attached hydrogens (tertiary/aromatic N) is 5. The number of hydrogen-bond donors (Lipinski definition) is 2. The molecule has 0 radical (unpaired) electrons. The normalized spacial score (nSPS) is 18.9. The molecule has 2 aliphatic rings. The van der Waals surface area contributed by atoms with Gasteiger partial charge in [0, 0.05) is 64.1 Å². The number of anilines is 3. The summed E-state index contributed by atoms with van der Waals surface area (Å²) in [5, 5.41) is 4.48. The smallest absolute Gasteiger partial charge is 0.222 e. The quantitative estimate of drug-likeness (QED) is 0.534. The Balaban J connectivity index is 1.48. The van der Waals surface area contributed by atoms with Gasteiger partial charge in [0.2, 0.25) is 5.91 Å². The summed E-state index contributed by atoms with van der Waals surface area (Å²) in [6.07, 6.45) is 5.71. The third-order valence-electron chi connectivity index (χ3n) is 6.85. The van der Waals surface area contributed by atoms with Crippen LogP contribution in [0.1, 0.15) is 24.8 Å². The van der Waals surface area contributed by atoms with Crippen LogP contribution in [-0.4, -0.2) is 90.8 Å². The molecule has 1 amide bonds. The van der Waals surface area contributed by atoms with Gasteiger partial charge in [0.05, 0.1) is 30.9 Å². The number of rotatable bonds is 1. The first kappa shape index (κ1) is 24.3. The van der Waals surface area contributed by atoms with Crippen molar-refractivity contribution in [2.75, 3.05) is 70.3 Å². The molecule has 3 aromatic rings. The Bertz CT molecular complexity index is 1190. The molecule has 4 heterocycles. The summed E-state index contributed by atoms with van der Waals surface area (Å²) in [5.41, 5.74) is 3.86. The largest absolute Gasteiger partial charge is 0.491 e. The summed E-state index contributed by atoms with van der Waals surface area (Å²) >= 11 is 0. The molecule has 1 fully saturated rings. The van der Waals surface area contributed by atoms with Crippen LogP contribution in [0.3, 0.4) is 0 Å². The van der Waals surface area contributed by atoms with Crippen LogP contribution in [0.4, 0.5) is 17.2 Å². The molecule has 0 saturated carbocycles. The highest BCUT2D eigenvalue weighted by Crippen LogP contribution is 2.34. The van der Waals surface area contributed by atoms with E-state index >= 15 is 0 Å². The number of amides is 1. The molecule has 2 bridgehead atoms. The Labute approximate surface area is 211 Å². The predicted octanol–water partition coefficient (Wildman–Crippen LogP) is 2.99. The van der Waals surface area contributed by atoms with Crippen LogP contribution >= 0.6 is 0 Å². The van der Waals surface area contributed by atoms with Gasteiger partial charge >= 0.3 is 0 Å². The highest BCUT2D eigenvalue weighted by Gasteiger charge is 2.19. The van der Waals surface area contributed by atoms with Gasteiger partial charge in [-0.15, -0.1) is 0 Å². The molecule has 1 aromatic carbocycles. The van der Waals surface area contributed by atoms with Crippen LogP contribution in [0.5, 0.6) is 5.75 Å². The van der Waals surface area contributed by atoms with E-state index in [-0.39, 0.29) is 5.91 Å². The molecule has 2 N–H and O–H groups in total. The summed E-state index contributed by atoms with van der Waals surface area (Å²) in [6.45, 7) is 5.81. The summed E-state index contributed by atoms with van der Waals surface area (Å²) in [5.74, 6) is 1.75. The first-order valence-electron chi connectivity index (χ1n) is 12.7. The lowest BCUT2D eigenvalue weighted by Gasteiger charge is -2.30. The van der Waals surface area contributed by atoms with E-state index in [4.69, 9.17) is 9.47 Å². The Morgan fingerprint density at radius 2 is 1.86 bits per heavy atom. The SMILES string of the molecule is CN1CCN(C)C(=O)CCCCOc2cc(ccc2N2CCOCC2)Nc2ncnc3[nH]cc(c23)C1. The van der Waals surface area contributed by atoms with Crippen molar-refractivity contribution in [3.8, 4) is 5.75 Å². The number of benzene rings is 1. The number of ether oxygens (including phenoxy) is 2. The highest BCUT2D eigenvalue weighted by atomic mass is 16.5. The van der Waals surface area contributed by atoms with Gasteiger partial charge in [-0.05, 0) is 37.6 Å². The Morgan fingerprint density at radius 3 is 2.72 bits per heavy atom. The van der Waals surface area contributed by atoms with Crippen LogP contribution in [0.2, 0.25) is 0 Å². The molecule has 0 aliphatic carbocycles. The first-order valence-corrected chi connectivity index (χ1v) is 12.7. The van der Waals surface area contributed by atoms with Crippen LogP contribution < -0.4 is 15.0 Å². The third kappa shape index (κ3) is 5.55. The number of carbonyl (C=O) groups excluding carboxylic acids is 1. The maximum atomic E-state index is 12.6. The van der Waals surface area contributed by atoms with Crippen molar-refractivity contribution >= 4 is 34.1 Å². The molecule has 192 valence electrons. The predicted molar refractivity (Wildman–Crippen MR) is 140 cm³/mol. The van der Waals surface area contributed by atoms with E-state index in [1.807, 2.05) is 24.2 Å². The average Bonchev–Trinajstić information content (AvgIpc) is 3.30. The molecular formula is C26H35N7O3. The number of likely N-dealkylation sites (N-methyl/N-ethyl adjacent to an activating group) is 2. The monoisotopic (exact) mass is 493 g/mol. The van der Waals surface area contributed by atoms with Gasteiger partial charge in [-0.3, -0.25) is 4.79 Å². The van der Waals surface area contributed by atoms with Crippen LogP contribution in [-0.2, 0) is 16.1 Å². The minimum absolute atomic E-state index is 0.174. The van der Waals surface area contributed by atoms with Crippen molar-refractivity contribution in [2.45, 2.75) is 25.8 Å². The van der Waals surface area contributed by atoms with Gasteiger partial charge in [0.15, 0.2) is 0 Å². The lowest BCUT2D eigenvalue weighted by Crippen LogP contribution is -2.36. The maximum Gasteiger partial charge on any atom is 0.222 e. The van der Waals surface area contributed by atoms with Gasteiger partial charge in [-0.2, -0.15) is 0 Å². The van der Waals surface area contributed by atoms with Crippen molar-refractivity contribution in [2.24, 2.45) is 0 Å². The standard InChI is InChI=1S/C26H35N7O3/c1-31-8-9-32(2)23(34)5-3-4-12-36-22-15-20(6-7-21(22)33-10-13-35-14-11-33)30-26-24-19(17-31)16-27-25(24)28-18-29-26/h6-7,15-16,18H,3-5,8-14,17H2,1-2H3,(H2,27,28,29,30). The Hall–Kier alpha value is -3.37. The molecular weight excluding hydrogens is 458 g/mol. The minimum Gasteiger partial charge on any atom is -0.491 e. The summed E-state index contributed by atoms with van der Waals surface area (Å²) < 4.78 is 11.8. The number of nitrogens with one attached hydrogen (secondary N) is 2. The first-order chi connectivity index (χ1) is 17.6. The lowest BCUT2D eigenvalue weighted by molar-refractivity contribution is -0.130. The van der Waals surface area contributed by atoms with Crippen molar-refractivity contribution in [1.82, 2.24) is 24.8 Å². The molecule has 5 rings (SSSR count). The zero-order chi connectivity index (χ0) is 24.9. The van der Waals surface area contributed by atoms with E-state index in [1.54, 1.807) is 6.33 Å². The third-order valence-corrected chi connectivity index (χ3v) is 6.85. The molecule has 1 saturated heterocycles. The number of morpholine rings is 1. The van der Waals surface area contributed by atoms with Gasteiger partial charge in [-0.1, -0.05) is 0 Å². The van der Waals surface area contributed by atoms with E-state index in [2.05, 4.69) is 49.2 Å². The van der Waals surface area contributed by atoms with E-state index in [0.717, 1.165) is 72.0 Å². The van der Waals surface area contributed by atoms with Crippen LogP contribution in [0.15, 0.2) is 30.7 Å². The van der Waals surface area contributed by atoms with Crippen molar-refractivity contribution < 1.29 is 14.3 Å². The maximum absolute atomic E-state index is 12.6. The zero-order valence-corrected chi connectivity index (χ0v) is 21.1. The summed E-state index contributed by atoms with van der Waals surface area (Å²) in [6, 6.07) is 6.21. The number of H-pyrrole nitrogens is 1. The Kier molecular flexibility index (Phi) is 7.52. The molecule has 10 heteroatoms. The van der Waals surface area contributed by atoms with E-state index in [1.165, 1.54) is 0 Å². The number of carbonyl (C=O) groups is 1. The highest BCUT2D eigenvalue weighted by molar-refractivity contribution is 5.92. The van der Waals surface area contributed by atoms with Crippen molar-refractivity contribution in [1.29, 1.82) is 0 Å². The van der Waals surface area contributed by atoms with Gasteiger partial charge in [0.25, 0.3) is 0 Å². The second kappa shape index (κ2) is 11.1. The fourth-order valence-electron chi connectivity index (χ4n) is 4.72. The molecule has 2 aromatic heterocycles. The lowest BCUT2D eigenvalue weighted by atomic mass is 10.2. The molecule has 36 heavy (non-hydrogen) atoms. The fraction of sp³-hybridized carbons (Fsp3) is 0.500. The molecule has 0 atom stereocenters. The number of hydrogen-bond acceptors (Lipinski definition) is 8. The number of aromatic amines is 1. The zero-order valence-electron chi connectivity index (χ0n) is 21.1. The molecule has 0 spiro atoms. The fourth-order valence-corrected chi connectivity index (χ4v) is 4.72. The van der Waals surface area contributed by atoms with Crippen LogP contribution in [0, 0.1) is 0 Å². The van der Waals surface area contributed by atoms with E-state index in [9.17, 15) is 4.79 Å². The van der Waals surface area contributed by atoms with Gasteiger partial charge in [-0.25, -0.2) is 9.97 Å². The number of fused-ring (bicyclic) bond motifs is 2. The Morgan fingerprint density at radius 1 is 1.00 bits per heavy atom. The van der Waals surface area contributed by atoms with Gasteiger partial charge in [0.1, 0.15) is 23.5 Å². The van der Waals surface area contributed by atoms with Gasteiger partial charge < -0.3 is 34.5 Å². The van der Waals surface area contributed by atoms with Crippen molar-refractivity contribution in [3.63, 3.8) is 0 Å². The molecule has 0 unspecified atom stereocenters. The average molecular weight is 494 g/mol. The topological polar surface area (TPSA) is 98.8 Å². The summed E-state index contributed by atoms with van der Waals surface area (Å²) in [4.78, 5) is 31.2. The summed E-state index contributed by atoms with van der Waals surface area (Å²) in [7, 11) is 3.95. The molecule has 2 aliphatic heterocycles. The van der Waals surface area contributed by atoms with E-state index in [0.29, 0.717) is 39.3 Å². The second-order valence-electron chi connectivity index (χ2n) is 9.53.